The van der Waals surface area contributed by atoms with Gasteiger partial charge in [0.25, 0.3) is 0 Å². The van der Waals surface area contributed by atoms with Gasteiger partial charge in [0.1, 0.15) is 11.3 Å². The molecule has 6 heteroatoms. The van der Waals surface area contributed by atoms with E-state index >= 15 is 0 Å². The van der Waals surface area contributed by atoms with Gasteiger partial charge in [-0.1, -0.05) is 54.6 Å². The Hall–Kier alpha value is -4.06. The second-order valence-electron chi connectivity index (χ2n) is 7.68. The minimum atomic E-state index is -0.598. The first kappa shape index (κ1) is 22.1. The molecule has 1 atom stereocenters. The highest BCUT2D eigenvalue weighted by Crippen LogP contribution is 2.37. The molecule has 0 spiro atoms. The van der Waals surface area contributed by atoms with Crippen LogP contribution in [0.25, 0.3) is 10.9 Å². The van der Waals surface area contributed by atoms with Crippen LogP contribution in [-0.4, -0.2) is 30.2 Å². The second kappa shape index (κ2) is 10.0. The van der Waals surface area contributed by atoms with Gasteiger partial charge >= 0.3 is 0 Å². The van der Waals surface area contributed by atoms with Crippen LogP contribution in [0.3, 0.4) is 0 Å². The number of ether oxygens (including phenoxy) is 2. The molecule has 1 heterocycles. The first-order valence-corrected chi connectivity index (χ1v) is 10.7. The molecule has 4 aromatic rings. The van der Waals surface area contributed by atoms with Crippen LogP contribution >= 0.6 is 0 Å². The summed E-state index contributed by atoms with van der Waals surface area (Å²) in [6.07, 6.45) is 2.58. The molecule has 0 aliphatic carbocycles. The number of aromatic nitrogens is 1. The number of pyridine rings is 1. The number of carbonyl (C=O) groups excluding carboxylic acids is 1. The molecule has 0 unspecified atom stereocenters. The highest BCUT2D eigenvalue weighted by molar-refractivity contribution is 5.86. The number of methoxy groups -OCH3 is 2. The van der Waals surface area contributed by atoms with Crippen molar-refractivity contribution in [2.24, 2.45) is 0 Å². The lowest BCUT2D eigenvalue weighted by molar-refractivity contribution is -0.121. The molecule has 0 saturated heterocycles. The van der Waals surface area contributed by atoms with Gasteiger partial charge in [-0.05, 0) is 35.7 Å². The highest BCUT2D eigenvalue weighted by Gasteiger charge is 2.23. The minimum absolute atomic E-state index is 0.0382. The van der Waals surface area contributed by atoms with Gasteiger partial charge in [-0.2, -0.15) is 0 Å². The average molecular weight is 443 g/mol. The van der Waals surface area contributed by atoms with Crippen LogP contribution in [-0.2, 0) is 11.2 Å². The average Bonchev–Trinajstić information content (AvgIpc) is 2.87. The lowest BCUT2D eigenvalue weighted by Crippen LogP contribution is -2.29. The van der Waals surface area contributed by atoms with Crippen molar-refractivity contribution < 1.29 is 19.4 Å². The molecule has 0 aliphatic rings. The topological polar surface area (TPSA) is 80.7 Å². The Labute approximate surface area is 192 Å². The van der Waals surface area contributed by atoms with E-state index in [-0.39, 0.29) is 11.7 Å². The van der Waals surface area contributed by atoms with Crippen molar-refractivity contribution in [3.8, 4) is 17.2 Å². The molecule has 0 aliphatic heterocycles. The van der Waals surface area contributed by atoms with E-state index in [2.05, 4.69) is 10.3 Å². The lowest BCUT2D eigenvalue weighted by Gasteiger charge is -2.22. The Morgan fingerprint density at radius 2 is 1.76 bits per heavy atom. The fraction of sp³-hybridized carbons (Fsp3) is 0.185. The molecule has 33 heavy (non-hydrogen) atoms. The Bertz CT molecular complexity index is 1260. The van der Waals surface area contributed by atoms with Gasteiger partial charge in [0, 0.05) is 23.6 Å². The number of fused-ring (bicyclic) bond motifs is 1. The summed E-state index contributed by atoms with van der Waals surface area (Å²) >= 11 is 0. The molecule has 0 radical (unpaired) electrons. The zero-order valence-corrected chi connectivity index (χ0v) is 18.6. The molecule has 0 fully saturated rings. The number of phenolic OH excluding ortho intramolecular Hbond substituents is 1. The maximum atomic E-state index is 13.0. The molecule has 1 amide bonds. The Morgan fingerprint density at radius 1 is 0.970 bits per heavy atom. The van der Waals surface area contributed by atoms with Crippen molar-refractivity contribution in [2.75, 3.05) is 14.2 Å². The number of amides is 1. The van der Waals surface area contributed by atoms with Crippen LogP contribution < -0.4 is 14.8 Å². The predicted octanol–water partition coefficient (Wildman–Crippen LogP) is 4.80. The van der Waals surface area contributed by atoms with Crippen LogP contribution in [0, 0.1) is 0 Å². The maximum absolute atomic E-state index is 13.0. The number of benzene rings is 3. The Morgan fingerprint density at radius 3 is 2.52 bits per heavy atom. The van der Waals surface area contributed by atoms with E-state index in [1.54, 1.807) is 26.5 Å². The van der Waals surface area contributed by atoms with Crippen molar-refractivity contribution in [3.63, 3.8) is 0 Å². The van der Waals surface area contributed by atoms with Crippen LogP contribution in [0.1, 0.15) is 29.2 Å². The van der Waals surface area contributed by atoms with E-state index in [0.717, 1.165) is 16.5 Å². The third-order valence-electron chi connectivity index (χ3n) is 5.62. The Balaban J connectivity index is 1.70. The predicted molar refractivity (Wildman–Crippen MR) is 128 cm³/mol. The molecule has 4 rings (SSSR count). The van der Waals surface area contributed by atoms with Gasteiger partial charge < -0.3 is 19.9 Å². The summed E-state index contributed by atoms with van der Waals surface area (Å²) in [7, 11) is 3.13. The van der Waals surface area contributed by atoms with Crippen LogP contribution in [0.4, 0.5) is 0 Å². The number of aromatic hydroxyl groups is 1. The number of nitrogens with zero attached hydrogens (tertiary/aromatic N) is 1. The minimum Gasteiger partial charge on any atom is -0.505 e. The zero-order chi connectivity index (χ0) is 23.2. The van der Waals surface area contributed by atoms with Gasteiger partial charge in [0.2, 0.25) is 5.91 Å². The summed E-state index contributed by atoms with van der Waals surface area (Å²) < 4.78 is 10.8. The van der Waals surface area contributed by atoms with E-state index in [1.807, 2.05) is 66.7 Å². The fourth-order valence-corrected chi connectivity index (χ4v) is 3.89. The quantitative estimate of drug-likeness (QED) is 0.410. The molecule has 3 aromatic carbocycles. The molecule has 1 aromatic heterocycles. The third kappa shape index (κ3) is 4.90. The largest absolute Gasteiger partial charge is 0.505 e. The van der Waals surface area contributed by atoms with Gasteiger partial charge in [-0.15, -0.1) is 0 Å². The number of hydrogen-bond acceptors (Lipinski definition) is 5. The highest BCUT2D eigenvalue weighted by atomic mass is 16.5. The number of hydrogen-bond donors (Lipinski definition) is 2. The van der Waals surface area contributed by atoms with Gasteiger partial charge in [0.15, 0.2) is 11.5 Å². The number of nitrogens with one attached hydrogen (secondary N) is 1. The summed E-state index contributed by atoms with van der Waals surface area (Å²) in [6.45, 7) is 0. The molecule has 6 nitrogen and oxygen atoms in total. The number of rotatable bonds is 8. The van der Waals surface area contributed by atoms with Crippen molar-refractivity contribution in [2.45, 2.75) is 18.9 Å². The number of aryl methyl sites for hydroxylation is 1. The summed E-state index contributed by atoms with van der Waals surface area (Å²) in [6, 6.07) is 22.1. The zero-order valence-electron chi connectivity index (χ0n) is 18.6. The Kier molecular flexibility index (Phi) is 6.74. The number of carbonyl (C=O) groups is 1. The molecule has 0 saturated carbocycles. The molecule has 2 N–H and O–H groups in total. The summed E-state index contributed by atoms with van der Waals surface area (Å²) in [5.74, 6) is 1.03. The van der Waals surface area contributed by atoms with Crippen LogP contribution in [0.5, 0.6) is 17.2 Å². The SMILES string of the molecule is COc1ccc([C@H](NC(=O)CCc2ccccc2)c2ccc3cccnc3c2O)cc1OC. The van der Waals surface area contributed by atoms with Crippen molar-refractivity contribution in [1.82, 2.24) is 10.3 Å². The summed E-state index contributed by atoms with van der Waals surface area (Å²) in [5.41, 5.74) is 2.89. The summed E-state index contributed by atoms with van der Waals surface area (Å²) in [5, 5.41) is 15.0. The molecule has 0 bridgehead atoms. The van der Waals surface area contributed by atoms with E-state index in [4.69, 9.17) is 9.47 Å². The normalized spacial score (nSPS) is 11.7. The fourth-order valence-electron chi connectivity index (χ4n) is 3.89. The summed E-state index contributed by atoms with van der Waals surface area (Å²) in [4.78, 5) is 17.3. The first-order valence-electron chi connectivity index (χ1n) is 10.7. The second-order valence-corrected chi connectivity index (χ2v) is 7.68. The van der Waals surface area contributed by atoms with Crippen molar-refractivity contribution in [3.05, 3.63) is 95.7 Å². The van der Waals surface area contributed by atoms with E-state index < -0.39 is 6.04 Å². The van der Waals surface area contributed by atoms with Crippen molar-refractivity contribution in [1.29, 1.82) is 0 Å². The van der Waals surface area contributed by atoms with Crippen LogP contribution in [0.2, 0.25) is 0 Å². The number of phenols is 1. The molecular weight excluding hydrogens is 416 g/mol. The van der Waals surface area contributed by atoms with Gasteiger partial charge in [0.05, 0.1) is 20.3 Å². The first-order chi connectivity index (χ1) is 16.1. The molecular formula is C27H26N2O4. The monoisotopic (exact) mass is 442 g/mol. The van der Waals surface area contributed by atoms with E-state index in [9.17, 15) is 9.90 Å². The standard InChI is InChI=1S/C27H26N2O4/c1-32-22-14-12-20(17-23(22)33-2)25(29-24(30)15-10-18-7-4-3-5-8-18)21-13-11-19-9-6-16-28-26(19)27(21)31/h3-9,11-14,16-17,25,31H,10,15H2,1-2H3,(H,29,30)/t25-/m0/s1. The smallest absolute Gasteiger partial charge is 0.221 e. The third-order valence-corrected chi connectivity index (χ3v) is 5.62. The lowest BCUT2D eigenvalue weighted by atomic mass is 9.95. The van der Waals surface area contributed by atoms with Crippen LogP contribution in [0.15, 0.2) is 79.0 Å². The van der Waals surface area contributed by atoms with Gasteiger partial charge in [-0.3, -0.25) is 9.78 Å². The molecule has 168 valence electrons. The van der Waals surface area contributed by atoms with E-state index in [1.165, 1.54) is 0 Å². The maximum Gasteiger partial charge on any atom is 0.221 e. The van der Waals surface area contributed by atoms with Crippen molar-refractivity contribution >= 4 is 16.8 Å². The van der Waals surface area contributed by atoms with E-state index in [0.29, 0.717) is 35.4 Å². The van der Waals surface area contributed by atoms with Gasteiger partial charge in [-0.25, -0.2) is 0 Å².